The number of para-hydroxylation sites is 1. The zero-order chi connectivity index (χ0) is 22.8. The summed E-state index contributed by atoms with van der Waals surface area (Å²) in [5.41, 5.74) is 1.25. The van der Waals surface area contributed by atoms with E-state index in [1.807, 2.05) is 24.3 Å². The molecule has 0 radical (unpaired) electrons. The number of carbonyl (C=O) groups is 1. The molecule has 1 aliphatic rings. The Kier molecular flexibility index (Phi) is 10.8. The first-order valence-electron chi connectivity index (χ1n) is 11.1. The van der Waals surface area contributed by atoms with Crippen LogP contribution < -0.4 is 15.4 Å². The number of rotatable bonds is 9. The molecule has 1 aliphatic heterocycles. The fraction of sp³-hybridized carbons (Fsp3) is 0.458. The number of hydrogen-bond acceptors (Lipinski definition) is 3. The molecule has 1 heterocycles. The first kappa shape index (κ1) is 26.8. The Morgan fingerprint density at radius 3 is 2.33 bits per heavy atom. The molecule has 5 nitrogen and oxygen atoms in total. The van der Waals surface area contributed by atoms with E-state index in [9.17, 15) is 18.0 Å². The quantitative estimate of drug-likeness (QED) is 0.445. The number of carbonyl (C=O) groups excluding carboxylic acids is 1. The van der Waals surface area contributed by atoms with Crippen molar-refractivity contribution in [3.8, 4) is 5.75 Å². The van der Waals surface area contributed by atoms with Crippen molar-refractivity contribution < 1.29 is 22.7 Å². The highest BCUT2D eigenvalue weighted by molar-refractivity contribution is 5.89. The summed E-state index contributed by atoms with van der Waals surface area (Å²) in [7, 11) is 0. The van der Waals surface area contributed by atoms with Crippen molar-refractivity contribution in [1.82, 2.24) is 10.2 Å². The maximum absolute atomic E-state index is 13.0. The maximum atomic E-state index is 13.0. The first-order chi connectivity index (χ1) is 15.4. The van der Waals surface area contributed by atoms with E-state index in [0.29, 0.717) is 19.5 Å². The van der Waals surface area contributed by atoms with Gasteiger partial charge in [-0.05, 0) is 49.1 Å². The second-order valence-corrected chi connectivity index (χ2v) is 7.87. The molecule has 0 aromatic heterocycles. The predicted molar refractivity (Wildman–Crippen MR) is 126 cm³/mol. The van der Waals surface area contributed by atoms with Crippen LogP contribution in [0, 0.1) is 0 Å². The van der Waals surface area contributed by atoms with Crippen LogP contribution in [0.3, 0.4) is 0 Å². The number of hydrogen-bond donors (Lipinski definition) is 2. The van der Waals surface area contributed by atoms with Gasteiger partial charge in [-0.2, -0.15) is 13.2 Å². The lowest BCUT2D eigenvalue weighted by atomic mass is 10.1. The molecule has 182 valence electrons. The van der Waals surface area contributed by atoms with E-state index >= 15 is 0 Å². The standard InChI is InChI=1S/C24H30F3N3O2.ClH/c25-24(26,27)21-8-4-5-9-22(21)32-18-6-2-1-3-7-19-10-12-20(13-11-19)29-23(31)30-16-14-28-15-17-30;/h4-5,8-13,28H,1-3,6-7,14-18H2,(H,29,31);1H. The molecule has 3 rings (SSSR count). The number of amides is 2. The van der Waals surface area contributed by atoms with E-state index in [1.54, 1.807) is 11.0 Å². The third-order valence-electron chi connectivity index (χ3n) is 5.42. The summed E-state index contributed by atoms with van der Waals surface area (Å²) in [6.45, 7) is 3.33. The molecule has 9 heteroatoms. The number of nitrogens with zero attached hydrogens (tertiary/aromatic N) is 1. The molecule has 1 saturated heterocycles. The Morgan fingerprint density at radius 1 is 0.970 bits per heavy atom. The molecular weight excluding hydrogens is 455 g/mol. The minimum atomic E-state index is -4.40. The number of benzene rings is 2. The van der Waals surface area contributed by atoms with Crippen molar-refractivity contribution in [3.05, 3.63) is 59.7 Å². The van der Waals surface area contributed by atoms with E-state index in [4.69, 9.17) is 4.74 Å². The summed E-state index contributed by atoms with van der Waals surface area (Å²) < 4.78 is 44.2. The largest absolute Gasteiger partial charge is 0.493 e. The van der Waals surface area contributed by atoms with Gasteiger partial charge < -0.3 is 20.3 Å². The first-order valence-corrected chi connectivity index (χ1v) is 11.1. The van der Waals surface area contributed by atoms with Crippen LogP contribution in [0.1, 0.15) is 36.8 Å². The number of urea groups is 1. The summed E-state index contributed by atoms with van der Waals surface area (Å²) in [5.74, 6) is -0.107. The molecule has 1 fully saturated rings. The normalized spacial score (nSPS) is 13.8. The Morgan fingerprint density at radius 2 is 1.64 bits per heavy atom. The monoisotopic (exact) mass is 485 g/mol. The van der Waals surface area contributed by atoms with Gasteiger partial charge in [0, 0.05) is 31.9 Å². The van der Waals surface area contributed by atoms with Crippen LogP contribution in [0.5, 0.6) is 5.75 Å². The molecule has 0 aliphatic carbocycles. The molecule has 0 atom stereocenters. The highest BCUT2D eigenvalue weighted by atomic mass is 35.5. The molecule has 2 aromatic carbocycles. The Labute approximate surface area is 199 Å². The molecule has 2 amide bonds. The van der Waals surface area contributed by atoms with Gasteiger partial charge >= 0.3 is 12.2 Å². The molecule has 0 bridgehead atoms. The molecule has 0 unspecified atom stereocenters. The predicted octanol–water partition coefficient (Wildman–Crippen LogP) is 5.75. The van der Waals surface area contributed by atoms with Crippen LogP contribution in [0.25, 0.3) is 0 Å². The second-order valence-electron chi connectivity index (χ2n) is 7.87. The number of ether oxygens (including phenoxy) is 1. The van der Waals surface area contributed by atoms with Gasteiger partial charge in [-0.15, -0.1) is 12.4 Å². The van der Waals surface area contributed by atoms with E-state index < -0.39 is 11.7 Å². The molecule has 33 heavy (non-hydrogen) atoms. The SMILES string of the molecule is Cl.O=C(Nc1ccc(CCCCCCOc2ccccc2C(F)(F)F)cc1)N1CCNCC1. The van der Waals surface area contributed by atoms with Gasteiger partial charge in [-0.3, -0.25) is 0 Å². The molecule has 2 N–H and O–H groups in total. The molecule has 0 saturated carbocycles. The van der Waals surface area contributed by atoms with Crippen LogP contribution in [0.15, 0.2) is 48.5 Å². The lowest BCUT2D eigenvalue weighted by molar-refractivity contribution is -0.138. The zero-order valence-electron chi connectivity index (χ0n) is 18.5. The number of unbranched alkanes of at least 4 members (excludes halogenated alkanes) is 3. The maximum Gasteiger partial charge on any atom is 0.419 e. The van der Waals surface area contributed by atoms with Crippen LogP contribution in [0.2, 0.25) is 0 Å². The van der Waals surface area contributed by atoms with E-state index in [-0.39, 0.29) is 30.8 Å². The summed E-state index contributed by atoms with van der Waals surface area (Å²) in [6.07, 6.45) is 0.0946. The summed E-state index contributed by atoms with van der Waals surface area (Å²) in [4.78, 5) is 14.0. The number of alkyl halides is 3. The number of halogens is 4. The number of anilines is 1. The zero-order valence-corrected chi connectivity index (χ0v) is 19.3. The molecule has 2 aromatic rings. The van der Waals surface area contributed by atoms with Gasteiger partial charge in [0.1, 0.15) is 5.75 Å². The third kappa shape index (κ3) is 8.78. The number of piperazine rings is 1. The Hall–Kier alpha value is -2.45. The lowest BCUT2D eigenvalue weighted by Gasteiger charge is -2.27. The molecule has 0 spiro atoms. The number of aryl methyl sites for hydroxylation is 1. The third-order valence-corrected chi connectivity index (χ3v) is 5.42. The second kappa shape index (κ2) is 13.3. The van der Waals surface area contributed by atoms with Crippen LogP contribution in [0.4, 0.5) is 23.7 Å². The fourth-order valence-corrected chi connectivity index (χ4v) is 3.62. The highest BCUT2D eigenvalue weighted by Gasteiger charge is 2.33. The van der Waals surface area contributed by atoms with Crippen molar-refractivity contribution in [2.24, 2.45) is 0 Å². The minimum Gasteiger partial charge on any atom is -0.493 e. The lowest BCUT2D eigenvalue weighted by Crippen LogP contribution is -2.48. The minimum absolute atomic E-state index is 0. The van der Waals surface area contributed by atoms with Crippen LogP contribution in [-0.4, -0.2) is 43.7 Å². The molecular formula is C24H31ClF3N3O2. The topological polar surface area (TPSA) is 53.6 Å². The van der Waals surface area contributed by atoms with Crippen molar-refractivity contribution in [2.75, 3.05) is 38.1 Å². The van der Waals surface area contributed by atoms with Gasteiger partial charge in [-0.1, -0.05) is 37.1 Å². The van der Waals surface area contributed by atoms with E-state index in [1.165, 1.54) is 17.7 Å². The summed E-state index contributed by atoms with van der Waals surface area (Å²) in [6, 6.07) is 13.1. The van der Waals surface area contributed by atoms with E-state index in [2.05, 4.69) is 10.6 Å². The van der Waals surface area contributed by atoms with Crippen LogP contribution in [-0.2, 0) is 12.6 Å². The van der Waals surface area contributed by atoms with Crippen molar-refractivity contribution in [1.29, 1.82) is 0 Å². The van der Waals surface area contributed by atoms with Gasteiger partial charge in [0.05, 0.1) is 12.2 Å². The highest BCUT2D eigenvalue weighted by Crippen LogP contribution is 2.35. The van der Waals surface area contributed by atoms with Gasteiger partial charge in [0.2, 0.25) is 0 Å². The van der Waals surface area contributed by atoms with Gasteiger partial charge in [0.15, 0.2) is 0 Å². The fourth-order valence-electron chi connectivity index (χ4n) is 3.62. The average molecular weight is 486 g/mol. The van der Waals surface area contributed by atoms with Crippen molar-refractivity contribution in [2.45, 2.75) is 38.3 Å². The Bertz CT molecular complexity index is 857. The summed E-state index contributed by atoms with van der Waals surface area (Å²) in [5, 5.41) is 6.15. The van der Waals surface area contributed by atoms with Crippen LogP contribution >= 0.6 is 12.4 Å². The summed E-state index contributed by atoms with van der Waals surface area (Å²) >= 11 is 0. The smallest absolute Gasteiger partial charge is 0.419 e. The van der Waals surface area contributed by atoms with E-state index in [0.717, 1.165) is 50.5 Å². The van der Waals surface area contributed by atoms with Gasteiger partial charge in [-0.25, -0.2) is 4.79 Å². The number of nitrogens with one attached hydrogen (secondary N) is 2. The average Bonchev–Trinajstić information content (AvgIpc) is 2.79. The van der Waals surface area contributed by atoms with Crippen molar-refractivity contribution in [3.63, 3.8) is 0 Å². The Balaban J connectivity index is 0.00000385. The van der Waals surface area contributed by atoms with Gasteiger partial charge in [0.25, 0.3) is 0 Å². The van der Waals surface area contributed by atoms with Crippen molar-refractivity contribution >= 4 is 24.1 Å².